The largest absolute Gasteiger partial charge is 0.300 e. The first-order valence-corrected chi connectivity index (χ1v) is 8.71. The van der Waals surface area contributed by atoms with Gasteiger partial charge in [0.1, 0.15) is 0 Å². The van der Waals surface area contributed by atoms with Gasteiger partial charge in [-0.2, -0.15) is 5.10 Å². The summed E-state index contributed by atoms with van der Waals surface area (Å²) in [5.74, 6) is 0.506. The fourth-order valence-electron chi connectivity index (χ4n) is 2.49. The lowest BCUT2D eigenvalue weighted by Crippen LogP contribution is -2.24. The van der Waals surface area contributed by atoms with Gasteiger partial charge in [-0.1, -0.05) is 60.2 Å². The lowest BCUT2D eigenvalue weighted by atomic mass is 10.1. The highest BCUT2D eigenvalue weighted by atomic mass is 32.1. The van der Waals surface area contributed by atoms with Gasteiger partial charge in [-0.05, 0) is 24.7 Å². The van der Waals surface area contributed by atoms with Gasteiger partial charge in [0.25, 0.3) is 0 Å². The van der Waals surface area contributed by atoms with E-state index in [2.05, 4.69) is 15.7 Å². The number of hydrogen-bond acceptors (Lipinski definition) is 4. The molecule has 3 rings (SSSR count). The number of aromatic amines is 1. The van der Waals surface area contributed by atoms with Crippen molar-refractivity contribution in [3.63, 3.8) is 0 Å². The molecule has 0 saturated carbocycles. The predicted octanol–water partition coefficient (Wildman–Crippen LogP) is 3.55. The minimum absolute atomic E-state index is 0.209. The Morgan fingerprint density at radius 2 is 1.92 bits per heavy atom. The van der Waals surface area contributed by atoms with Crippen molar-refractivity contribution in [1.82, 2.24) is 20.2 Å². The minimum atomic E-state index is -0.209. The zero-order valence-corrected chi connectivity index (χ0v) is 15.3. The molecule has 0 spiro atoms. The molecule has 1 aromatic heterocycles. The second kappa shape index (κ2) is 8.55. The number of carbonyl (C=O) groups excluding carboxylic acids is 1. The van der Waals surface area contributed by atoms with Crippen LogP contribution in [0.1, 0.15) is 17.5 Å². The van der Waals surface area contributed by atoms with Crippen molar-refractivity contribution in [1.29, 1.82) is 0 Å². The maximum Gasteiger partial charge on any atom is 0.245 e. The van der Waals surface area contributed by atoms with Crippen LogP contribution in [0.15, 0.2) is 54.6 Å². The lowest BCUT2D eigenvalue weighted by molar-refractivity contribution is -0.134. The van der Waals surface area contributed by atoms with Crippen LogP contribution < -0.4 is 5.48 Å². The van der Waals surface area contributed by atoms with Crippen LogP contribution in [0.2, 0.25) is 0 Å². The first-order valence-electron chi connectivity index (χ1n) is 8.30. The monoisotopic (exact) mass is 368 g/mol. The molecule has 2 aromatic carbocycles. The highest BCUT2D eigenvalue weighted by Gasteiger charge is 2.10. The molecular weight excluding hydrogens is 348 g/mol. The number of nitrogens with zero attached hydrogens (tertiary/aromatic N) is 2. The minimum Gasteiger partial charge on any atom is -0.300 e. The molecule has 1 heterocycles. The Labute approximate surface area is 156 Å². The third kappa shape index (κ3) is 4.65. The van der Waals surface area contributed by atoms with Crippen molar-refractivity contribution in [3.05, 3.63) is 70.5 Å². The molecule has 0 atom stereocenters. The molecule has 2 N–H and O–H groups in total. The summed E-state index contributed by atoms with van der Waals surface area (Å²) in [5, 5.41) is 7.07. The Bertz CT molecular complexity index is 917. The van der Waals surface area contributed by atoms with E-state index in [0.29, 0.717) is 23.7 Å². The number of hydroxylamine groups is 1. The van der Waals surface area contributed by atoms with Gasteiger partial charge in [0, 0.05) is 18.5 Å². The zero-order valence-electron chi connectivity index (χ0n) is 14.4. The van der Waals surface area contributed by atoms with E-state index in [0.717, 1.165) is 11.1 Å². The van der Waals surface area contributed by atoms with Crippen LogP contribution in [-0.2, 0) is 22.8 Å². The van der Waals surface area contributed by atoms with E-state index in [1.54, 1.807) is 0 Å². The van der Waals surface area contributed by atoms with E-state index in [-0.39, 0.29) is 12.3 Å². The molecule has 0 saturated heterocycles. The van der Waals surface area contributed by atoms with Crippen LogP contribution in [0.3, 0.4) is 0 Å². The molecule has 0 aliphatic rings. The second-order valence-corrected chi connectivity index (χ2v) is 6.31. The maximum atomic E-state index is 12.0. The van der Waals surface area contributed by atoms with Gasteiger partial charge in [-0.3, -0.25) is 19.3 Å². The summed E-state index contributed by atoms with van der Waals surface area (Å²) in [6, 6.07) is 17.7. The fourth-order valence-corrected chi connectivity index (χ4v) is 2.71. The van der Waals surface area contributed by atoms with Crippen LogP contribution in [0, 0.1) is 11.7 Å². The lowest BCUT2D eigenvalue weighted by Gasteiger charge is -2.08. The third-order valence-corrected chi connectivity index (χ3v) is 4.21. The number of benzene rings is 2. The van der Waals surface area contributed by atoms with Crippen LogP contribution in [0.4, 0.5) is 0 Å². The molecule has 7 heteroatoms. The van der Waals surface area contributed by atoms with E-state index < -0.39 is 0 Å². The first kappa shape index (κ1) is 18.0. The van der Waals surface area contributed by atoms with E-state index in [4.69, 9.17) is 17.1 Å². The number of aromatic nitrogens is 3. The summed E-state index contributed by atoms with van der Waals surface area (Å²) >= 11 is 5.28. The molecule has 0 aliphatic carbocycles. The smallest absolute Gasteiger partial charge is 0.245 e. The average molecular weight is 368 g/mol. The average Bonchev–Trinajstić information content (AvgIpc) is 3.02. The van der Waals surface area contributed by atoms with Crippen molar-refractivity contribution in [2.45, 2.75) is 26.5 Å². The maximum absolute atomic E-state index is 12.0. The van der Waals surface area contributed by atoms with Crippen molar-refractivity contribution >= 4 is 18.1 Å². The molecule has 134 valence electrons. The van der Waals surface area contributed by atoms with Crippen molar-refractivity contribution in [2.24, 2.45) is 0 Å². The third-order valence-electron chi connectivity index (χ3n) is 3.90. The van der Waals surface area contributed by atoms with Gasteiger partial charge in [0.05, 0.1) is 6.61 Å². The van der Waals surface area contributed by atoms with Crippen LogP contribution in [-0.4, -0.2) is 20.7 Å². The number of aryl methyl sites for hydroxylation is 1. The Hall–Kier alpha value is -2.77. The topological polar surface area (TPSA) is 71.9 Å². The molecule has 3 aromatic rings. The van der Waals surface area contributed by atoms with E-state index >= 15 is 0 Å². The normalized spacial score (nSPS) is 10.7. The SMILES string of the molecule is Cc1ccc(-c2n[nH]c(=S)n2CCC(=O)NOCc2ccccc2)cc1. The second-order valence-electron chi connectivity index (χ2n) is 5.92. The number of H-pyrrole nitrogens is 1. The summed E-state index contributed by atoms with van der Waals surface area (Å²) in [6.45, 7) is 2.77. The molecule has 0 fully saturated rings. The zero-order chi connectivity index (χ0) is 18.4. The Morgan fingerprint density at radius 1 is 1.19 bits per heavy atom. The molecule has 0 bridgehead atoms. The number of nitrogens with one attached hydrogen (secondary N) is 2. The van der Waals surface area contributed by atoms with Crippen molar-refractivity contribution in [3.8, 4) is 11.4 Å². The molecule has 26 heavy (non-hydrogen) atoms. The van der Waals surface area contributed by atoms with E-state index in [1.807, 2.05) is 66.1 Å². The van der Waals surface area contributed by atoms with Gasteiger partial charge in [0.15, 0.2) is 10.6 Å². The Morgan fingerprint density at radius 3 is 2.65 bits per heavy atom. The van der Waals surface area contributed by atoms with Gasteiger partial charge in [-0.25, -0.2) is 5.48 Å². The van der Waals surface area contributed by atoms with Gasteiger partial charge >= 0.3 is 0 Å². The molecule has 0 radical (unpaired) electrons. The summed E-state index contributed by atoms with van der Waals surface area (Å²) in [5.41, 5.74) is 5.57. The summed E-state index contributed by atoms with van der Waals surface area (Å²) in [4.78, 5) is 17.3. The summed E-state index contributed by atoms with van der Waals surface area (Å²) in [7, 11) is 0. The van der Waals surface area contributed by atoms with Crippen LogP contribution in [0.5, 0.6) is 0 Å². The number of amides is 1. The molecule has 0 aliphatic heterocycles. The van der Waals surface area contributed by atoms with Gasteiger partial charge < -0.3 is 0 Å². The number of rotatable bonds is 7. The Kier molecular flexibility index (Phi) is 5.93. The van der Waals surface area contributed by atoms with Crippen molar-refractivity contribution in [2.75, 3.05) is 0 Å². The van der Waals surface area contributed by atoms with Crippen LogP contribution in [0.25, 0.3) is 11.4 Å². The molecular formula is C19H20N4O2S. The Balaban J connectivity index is 1.56. The molecule has 6 nitrogen and oxygen atoms in total. The first-order chi connectivity index (χ1) is 12.6. The van der Waals surface area contributed by atoms with Crippen LogP contribution >= 0.6 is 12.2 Å². The fraction of sp³-hybridized carbons (Fsp3) is 0.211. The number of hydrogen-bond donors (Lipinski definition) is 2. The standard InChI is InChI=1S/C19H20N4O2S/c1-14-7-9-16(10-8-14)18-20-21-19(26)23(18)12-11-17(24)22-25-13-15-5-3-2-4-6-15/h2-10H,11-13H2,1H3,(H,21,26)(H,22,24). The molecule has 1 amide bonds. The highest BCUT2D eigenvalue weighted by molar-refractivity contribution is 7.71. The van der Waals surface area contributed by atoms with Gasteiger partial charge in [-0.15, -0.1) is 0 Å². The van der Waals surface area contributed by atoms with E-state index in [9.17, 15) is 4.79 Å². The summed E-state index contributed by atoms with van der Waals surface area (Å²) in [6.07, 6.45) is 0.238. The quantitative estimate of drug-likeness (QED) is 0.494. The van der Waals surface area contributed by atoms with Gasteiger partial charge in [0.2, 0.25) is 5.91 Å². The summed E-state index contributed by atoms with van der Waals surface area (Å²) < 4.78 is 2.30. The predicted molar refractivity (Wildman–Crippen MR) is 102 cm³/mol. The highest BCUT2D eigenvalue weighted by Crippen LogP contribution is 2.18. The number of carbonyl (C=O) groups is 1. The molecule has 0 unspecified atom stereocenters. The van der Waals surface area contributed by atoms with Crippen molar-refractivity contribution < 1.29 is 9.63 Å². The van der Waals surface area contributed by atoms with E-state index in [1.165, 1.54) is 5.56 Å².